The number of nitrogens with zero attached hydrogens (tertiary/aromatic N) is 2. The van der Waals surface area contributed by atoms with Crippen molar-refractivity contribution in [2.24, 2.45) is 0 Å². The summed E-state index contributed by atoms with van der Waals surface area (Å²) in [7, 11) is 0. The minimum atomic E-state index is -0.202. The van der Waals surface area contributed by atoms with E-state index in [1.54, 1.807) is 4.57 Å². The molecule has 0 aromatic carbocycles. The van der Waals surface area contributed by atoms with Crippen LogP contribution in [-0.4, -0.2) is 15.3 Å². The van der Waals surface area contributed by atoms with Gasteiger partial charge in [-0.05, 0) is 29.8 Å². The molecule has 1 heterocycles. The fourth-order valence-electron chi connectivity index (χ4n) is 1.14. The Morgan fingerprint density at radius 3 is 2.69 bits per heavy atom. The maximum atomic E-state index is 11.4. The van der Waals surface area contributed by atoms with Gasteiger partial charge >= 0.3 is 5.69 Å². The molecule has 1 aromatic rings. The summed E-state index contributed by atoms with van der Waals surface area (Å²) in [4.78, 5) is 15.3. The van der Waals surface area contributed by atoms with E-state index < -0.39 is 0 Å². The van der Waals surface area contributed by atoms with Gasteiger partial charge in [0.25, 0.3) is 0 Å². The average Bonchev–Trinajstić information content (AvgIpc) is 2.09. The SMILES string of the molecule is Cc1nc(=O)n(CCS)c(C)c1Br. The zero-order chi connectivity index (χ0) is 10.0. The van der Waals surface area contributed by atoms with E-state index in [0.29, 0.717) is 12.3 Å². The van der Waals surface area contributed by atoms with Crippen LogP contribution in [0.5, 0.6) is 0 Å². The Bertz CT molecular complexity index is 375. The zero-order valence-corrected chi connectivity index (χ0v) is 10.0. The maximum absolute atomic E-state index is 11.4. The lowest BCUT2D eigenvalue weighted by Crippen LogP contribution is -2.27. The molecule has 0 N–H and O–H groups in total. The lowest BCUT2D eigenvalue weighted by atomic mass is 10.3. The molecular formula is C8H11BrN2OS. The first-order valence-electron chi connectivity index (χ1n) is 3.92. The van der Waals surface area contributed by atoms with Gasteiger partial charge in [0, 0.05) is 18.0 Å². The summed E-state index contributed by atoms with van der Waals surface area (Å²) in [6, 6.07) is 0. The van der Waals surface area contributed by atoms with Gasteiger partial charge in [-0.1, -0.05) is 0 Å². The predicted octanol–water partition coefficient (Wildman–Crippen LogP) is 1.55. The van der Waals surface area contributed by atoms with Gasteiger partial charge in [-0.15, -0.1) is 0 Å². The predicted molar refractivity (Wildman–Crippen MR) is 59.5 cm³/mol. The van der Waals surface area contributed by atoms with Crippen LogP contribution in [0.2, 0.25) is 0 Å². The summed E-state index contributed by atoms with van der Waals surface area (Å²) in [5.74, 6) is 0.637. The number of aryl methyl sites for hydroxylation is 1. The molecule has 0 spiro atoms. The van der Waals surface area contributed by atoms with Crippen LogP contribution in [0.1, 0.15) is 11.4 Å². The van der Waals surface area contributed by atoms with Gasteiger partial charge in [0.15, 0.2) is 0 Å². The summed E-state index contributed by atoms with van der Waals surface area (Å²) in [6.45, 7) is 4.30. The lowest BCUT2D eigenvalue weighted by molar-refractivity contribution is 0.671. The fourth-order valence-corrected chi connectivity index (χ4v) is 1.64. The number of halogens is 1. The molecule has 1 aromatic heterocycles. The molecule has 0 unspecified atom stereocenters. The molecule has 0 saturated carbocycles. The number of aromatic nitrogens is 2. The molecule has 1 rings (SSSR count). The highest BCUT2D eigenvalue weighted by atomic mass is 79.9. The van der Waals surface area contributed by atoms with Crippen LogP contribution in [0.25, 0.3) is 0 Å². The van der Waals surface area contributed by atoms with E-state index in [1.807, 2.05) is 13.8 Å². The fraction of sp³-hybridized carbons (Fsp3) is 0.500. The van der Waals surface area contributed by atoms with Gasteiger partial charge in [0.1, 0.15) is 0 Å². The first kappa shape index (κ1) is 10.8. The van der Waals surface area contributed by atoms with E-state index in [1.165, 1.54) is 0 Å². The largest absolute Gasteiger partial charge is 0.348 e. The van der Waals surface area contributed by atoms with Crippen LogP contribution in [0.3, 0.4) is 0 Å². The summed E-state index contributed by atoms with van der Waals surface area (Å²) in [6.07, 6.45) is 0. The monoisotopic (exact) mass is 262 g/mol. The van der Waals surface area contributed by atoms with Crippen molar-refractivity contribution in [1.29, 1.82) is 0 Å². The van der Waals surface area contributed by atoms with Crippen molar-refractivity contribution in [3.63, 3.8) is 0 Å². The first-order chi connectivity index (χ1) is 6.07. The van der Waals surface area contributed by atoms with Crippen LogP contribution in [0.4, 0.5) is 0 Å². The van der Waals surface area contributed by atoms with E-state index in [9.17, 15) is 4.79 Å². The molecular weight excluding hydrogens is 252 g/mol. The smallest absolute Gasteiger partial charge is 0.295 e. The van der Waals surface area contributed by atoms with Gasteiger partial charge < -0.3 is 0 Å². The van der Waals surface area contributed by atoms with Crippen molar-refractivity contribution < 1.29 is 0 Å². The summed E-state index contributed by atoms with van der Waals surface area (Å²) >= 11 is 7.47. The number of thiol groups is 1. The molecule has 0 aliphatic carbocycles. The van der Waals surface area contributed by atoms with Crippen molar-refractivity contribution in [1.82, 2.24) is 9.55 Å². The Morgan fingerprint density at radius 1 is 1.54 bits per heavy atom. The van der Waals surface area contributed by atoms with E-state index in [4.69, 9.17) is 0 Å². The quantitative estimate of drug-likeness (QED) is 0.822. The van der Waals surface area contributed by atoms with E-state index in [2.05, 4.69) is 33.5 Å². The second kappa shape index (κ2) is 4.28. The van der Waals surface area contributed by atoms with E-state index in [-0.39, 0.29) is 5.69 Å². The molecule has 0 saturated heterocycles. The Balaban J connectivity index is 3.35. The standard InChI is InChI=1S/C8H11BrN2OS/c1-5-7(9)6(2)11(3-4-13)8(12)10-5/h13H,3-4H2,1-2H3. The molecule has 0 aliphatic rings. The number of hydrogen-bond donors (Lipinski definition) is 1. The molecule has 0 fully saturated rings. The zero-order valence-electron chi connectivity index (χ0n) is 7.54. The van der Waals surface area contributed by atoms with Crippen LogP contribution < -0.4 is 5.69 Å². The molecule has 3 nitrogen and oxygen atoms in total. The maximum Gasteiger partial charge on any atom is 0.348 e. The molecule has 72 valence electrons. The van der Waals surface area contributed by atoms with Gasteiger partial charge in [-0.3, -0.25) is 4.57 Å². The normalized spacial score (nSPS) is 10.5. The molecule has 13 heavy (non-hydrogen) atoms. The Labute approximate surface area is 90.7 Å². The second-order valence-electron chi connectivity index (χ2n) is 2.75. The van der Waals surface area contributed by atoms with Crippen LogP contribution in [0.15, 0.2) is 9.27 Å². The highest BCUT2D eigenvalue weighted by Gasteiger charge is 2.07. The summed E-state index contributed by atoms with van der Waals surface area (Å²) < 4.78 is 2.51. The Kier molecular flexibility index (Phi) is 3.55. The van der Waals surface area contributed by atoms with Gasteiger partial charge in [0.05, 0.1) is 10.2 Å². The van der Waals surface area contributed by atoms with Crippen molar-refractivity contribution in [2.45, 2.75) is 20.4 Å². The molecule has 0 aliphatic heterocycles. The number of hydrogen-bond acceptors (Lipinski definition) is 3. The molecule has 0 atom stereocenters. The minimum Gasteiger partial charge on any atom is -0.295 e. The van der Waals surface area contributed by atoms with Crippen molar-refractivity contribution >= 4 is 28.6 Å². The highest BCUT2D eigenvalue weighted by Crippen LogP contribution is 2.16. The minimum absolute atomic E-state index is 0.202. The summed E-state index contributed by atoms with van der Waals surface area (Å²) in [5.41, 5.74) is 1.44. The van der Waals surface area contributed by atoms with E-state index >= 15 is 0 Å². The van der Waals surface area contributed by atoms with E-state index in [0.717, 1.165) is 15.9 Å². The topological polar surface area (TPSA) is 34.9 Å². The van der Waals surface area contributed by atoms with Crippen molar-refractivity contribution in [2.75, 3.05) is 5.75 Å². The average molecular weight is 263 g/mol. The number of rotatable bonds is 2. The lowest BCUT2D eigenvalue weighted by Gasteiger charge is -2.10. The summed E-state index contributed by atoms with van der Waals surface area (Å²) in [5, 5.41) is 0. The first-order valence-corrected chi connectivity index (χ1v) is 5.35. The van der Waals surface area contributed by atoms with Gasteiger partial charge in [-0.2, -0.15) is 17.6 Å². The van der Waals surface area contributed by atoms with Crippen LogP contribution in [-0.2, 0) is 6.54 Å². The van der Waals surface area contributed by atoms with Crippen LogP contribution >= 0.6 is 28.6 Å². The van der Waals surface area contributed by atoms with Gasteiger partial charge in [-0.25, -0.2) is 4.79 Å². The third-order valence-corrected chi connectivity index (χ3v) is 3.21. The molecule has 5 heteroatoms. The second-order valence-corrected chi connectivity index (χ2v) is 3.99. The van der Waals surface area contributed by atoms with Crippen molar-refractivity contribution in [3.8, 4) is 0 Å². The molecule has 0 amide bonds. The molecule has 0 bridgehead atoms. The molecule has 0 radical (unpaired) electrons. The third kappa shape index (κ3) is 2.14. The highest BCUT2D eigenvalue weighted by molar-refractivity contribution is 9.10. The third-order valence-electron chi connectivity index (χ3n) is 1.86. The van der Waals surface area contributed by atoms with Gasteiger partial charge in [0.2, 0.25) is 0 Å². The Hall–Kier alpha value is -0.290. The van der Waals surface area contributed by atoms with Crippen molar-refractivity contribution in [3.05, 3.63) is 26.3 Å². The Morgan fingerprint density at radius 2 is 2.15 bits per heavy atom. The van der Waals surface area contributed by atoms with Crippen LogP contribution in [0, 0.1) is 13.8 Å².